The van der Waals surface area contributed by atoms with E-state index in [1.165, 1.54) is 18.2 Å². The van der Waals surface area contributed by atoms with Crippen molar-refractivity contribution in [2.24, 2.45) is 10.7 Å². The maximum atomic E-state index is 11.3. The van der Waals surface area contributed by atoms with E-state index >= 15 is 0 Å². The van der Waals surface area contributed by atoms with E-state index in [-0.39, 0.29) is 35.4 Å². The molecule has 0 saturated heterocycles. The van der Waals surface area contributed by atoms with Gasteiger partial charge >= 0.3 is 6.09 Å². The van der Waals surface area contributed by atoms with E-state index in [1.54, 1.807) is 6.92 Å². The van der Waals surface area contributed by atoms with Gasteiger partial charge in [-0.2, -0.15) is 0 Å². The van der Waals surface area contributed by atoms with Crippen molar-refractivity contribution < 1.29 is 14.5 Å². The monoisotopic (exact) mass is 300 g/mol. The van der Waals surface area contributed by atoms with Crippen LogP contribution in [0.2, 0.25) is 0 Å². The van der Waals surface area contributed by atoms with Gasteiger partial charge in [0.05, 0.1) is 23.1 Å². The number of carbonyl (C=O) groups excluding carboxylic acids is 1. The molecule has 8 nitrogen and oxygen atoms in total. The van der Waals surface area contributed by atoms with Crippen LogP contribution >= 0.6 is 11.6 Å². The number of nitro groups is 1. The fraction of sp³-hybridized carbons (Fsp3) is 0.273. The summed E-state index contributed by atoms with van der Waals surface area (Å²) in [5.74, 6) is 0.142. The highest BCUT2D eigenvalue weighted by Gasteiger charge is 2.17. The number of nitrogens with one attached hydrogen (secondary N) is 1. The third-order valence-corrected chi connectivity index (χ3v) is 2.37. The number of benzene rings is 1. The lowest BCUT2D eigenvalue weighted by molar-refractivity contribution is -0.383. The lowest BCUT2D eigenvalue weighted by atomic mass is 10.2. The molecule has 0 saturated carbocycles. The molecule has 9 heteroatoms. The Morgan fingerprint density at radius 2 is 2.30 bits per heavy atom. The molecule has 1 amide bonds. The third-order valence-electron chi connectivity index (χ3n) is 2.10. The van der Waals surface area contributed by atoms with Crippen LogP contribution in [0.5, 0.6) is 0 Å². The molecule has 3 N–H and O–H groups in total. The molecular formula is C11H13ClN4O4. The molecule has 0 aliphatic rings. The molecular weight excluding hydrogens is 288 g/mol. The summed E-state index contributed by atoms with van der Waals surface area (Å²) in [6.45, 7) is 1.79. The minimum atomic E-state index is -0.771. The van der Waals surface area contributed by atoms with Gasteiger partial charge in [0.25, 0.3) is 5.69 Å². The van der Waals surface area contributed by atoms with Crippen molar-refractivity contribution in [3.63, 3.8) is 0 Å². The first kappa shape index (κ1) is 15.7. The number of amidine groups is 1. The van der Waals surface area contributed by atoms with Gasteiger partial charge < -0.3 is 10.5 Å². The number of nitrogens with zero attached hydrogens (tertiary/aromatic N) is 2. The van der Waals surface area contributed by atoms with Crippen LogP contribution in [0.4, 0.5) is 21.9 Å². The Balaban J connectivity index is 3.08. The number of halogens is 1. The van der Waals surface area contributed by atoms with Crippen LogP contribution in [0.25, 0.3) is 0 Å². The van der Waals surface area contributed by atoms with Crippen LogP contribution in [0.15, 0.2) is 23.2 Å². The number of nitrogens with two attached hydrogens (primary N) is 1. The minimum Gasteiger partial charge on any atom is -0.450 e. The Labute approximate surface area is 119 Å². The van der Waals surface area contributed by atoms with Gasteiger partial charge in [-0.05, 0) is 19.1 Å². The van der Waals surface area contributed by atoms with Gasteiger partial charge in [-0.3, -0.25) is 15.4 Å². The summed E-state index contributed by atoms with van der Waals surface area (Å²) >= 11 is 5.48. The number of nitro benzene ring substituents is 1. The highest BCUT2D eigenvalue weighted by atomic mass is 35.5. The standard InChI is InChI=1S/C11H13ClN4O4/c1-2-20-11(17)15-8-4-3-7(14-10(13)6-12)5-9(8)16(18)19/h3-5H,2,6H2,1H3,(H2,13,14)(H,15,17). The SMILES string of the molecule is CCOC(=O)Nc1ccc(N=C(N)CCl)cc1[N+](=O)[O-]. The Morgan fingerprint density at radius 3 is 2.85 bits per heavy atom. The van der Waals surface area contributed by atoms with E-state index in [0.29, 0.717) is 0 Å². The normalized spacial score (nSPS) is 11.0. The first-order valence-corrected chi connectivity index (χ1v) is 6.12. The zero-order valence-corrected chi connectivity index (χ0v) is 11.4. The second-order valence-corrected chi connectivity index (χ2v) is 3.81. The Bertz CT molecular complexity index is 547. The maximum absolute atomic E-state index is 11.3. The molecule has 0 aliphatic carbocycles. The Kier molecular flexibility index (Phi) is 5.73. The van der Waals surface area contributed by atoms with Gasteiger partial charge in [0.1, 0.15) is 11.5 Å². The van der Waals surface area contributed by atoms with Crippen molar-refractivity contribution in [2.45, 2.75) is 6.92 Å². The number of hydrogen-bond donors (Lipinski definition) is 2. The molecule has 0 aliphatic heterocycles. The third kappa shape index (κ3) is 4.39. The lowest BCUT2D eigenvalue weighted by Crippen LogP contribution is -2.14. The van der Waals surface area contributed by atoms with Gasteiger partial charge in [0.2, 0.25) is 0 Å². The number of amides is 1. The average Bonchev–Trinajstić information content (AvgIpc) is 2.40. The molecule has 0 unspecified atom stereocenters. The molecule has 1 rings (SSSR count). The van der Waals surface area contributed by atoms with Gasteiger partial charge in [-0.25, -0.2) is 9.79 Å². The van der Waals surface area contributed by atoms with Crippen molar-refractivity contribution in [3.05, 3.63) is 28.3 Å². The summed E-state index contributed by atoms with van der Waals surface area (Å²) in [7, 11) is 0. The molecule has 0 heterocycles. The van der Waals surface area contributed by atoms with Crippen LogP contribution in [-0.2, 0) is 4.74 Å². The highest BCUT2D eigenvalue weighted by molar-refractivity contribution is 6.28. The fourth-order valence-corrected chi connectivity index (χ4v) is 1.38. The summed E-state index contributed by atoms with van der Waals surface area (Å²) in [5, 5.41) is 13.3. The second kappa shape index (κ2) is 7.29. The molecule has 1 aromatic carbocycles. The summed E-state index contributed by atoms with van der Waals surface area (Å²) in [6.07, 6.45) is -0.771. The minimum absolute atomic E-state index is 0.0105. The van der Waals surface area contributed by atoms with Crippen molar-refractivity contribution >= 4 is 40.6 Å². The van der Waals surface area contributed by atoms with E-state index in [2.05, 4.69) is 15.0 Å². The van der Waals surface area contributed by atoms with Crippen molar-refractivity contribution in [3.8, 4) is 0 Å². The summed E-state index contributed by atoms with van der Waals surface area (Å²) in [5.41, 5.74) is 5.41. The smallest absolute Gasteiger partial charge is 0.411 e. The van der Waals surface area contributed by atoms with Crippen LogP contribution in [-0.4, -0.2) is 29.3 Å². The largest absolute Gasteiger partial charge is 0.450 e. The fourth-order valence-electron chi connectivity index (χ4n) is 1.32. The number of carbonyl (C=O) groups is 1. The number of alkyl halides is 1. The lowest BCUT2D eigenvalue weighted by Gasteiger charge is -2.06. The average molecular weight is 301 g/mol. The molecule has 0 aromatic heterocycles. The Hall–Kier alpha value is -2.35. The van der Waals surface area contributed by atoms with Gasteiger partial charge in [-0.1, -0.05) is 0 Å². The number of ether oxygens (including phenoxy) is 1. The number of hydrogen-bond acceptors (Lipinski definition) is 5. The molecule has 0 radical (unpaired) electrons. The Morgan fingerprint density at radius 1 is 1.60 bits per heavy atom. The summed E-state index contributed by atoms with van der Waals surface area (Å²) in [6, 6.07) is 3.99. The maximum Gasteiger partial charge on any atom is 0.411 e. The van der Waals surface area contributed by atoms with Crippen LogP contribution in [0.3, 0.4) is 0 Å². The topological polar surface area (TPSA) is 120 Å². The predicted octanol–water partition coefficient (Wildman–Crippen LogP) is 2.39. The predicted molar refractivity (Wildman–Crippen MR) is 75.7 cm³/mol. The zero-order chi connectivity index (χ0) is 15.1. The number of aliphatic imine (C=N–C) groups is 1. The van der Waals surface area contributed by atoms with E-state index in [4.69, 9.17) is 17.3 Å². The van der Waals surface area contributed by atoms with Crippen LogP contribution in [0.1, 0.15) is 6.92 Å². The molecule has 0 fully saturated rings. The molecule has 1 aromatic rings. The molecule has 0 bridgehead atoms. The van der Waals surface area contributed by atoms with Crippen LogP contribution < -0.4 is 11.1 Å². The van der Waals surface area contributed by atoms with Crippen molar-refractivity contribution in [1.82, 2.24) is 0 Å². The van der Waals surface area contributed by atoms with E-state index in [0.717, 1.165) is 0 Å². The van der Waals surface area contributed by atoms with Gasteiger partial charge in [0.15, 0.2) is 0 Å². The first-order chi connectivity index (χ1) is 9.47. The first-order valence-electron chi connectivity index (χ1n) is 5.59. The van der Waals surface area contributed by atoms with E-state index in [9.17, 15) is 14.9 Å². The zero-order valence-electron chi connectivity index (χ0n) is 10.6. The molecule has 20 heavy (non-hydrogen) atoms. The number of rotatable bonds is 5. The summed E-state index contributed by atoms with van der Waals surface area (Å²) in [4.78, 5) is 25.5. The quantitative estimate of drug-likeness (QED) is 0.284. The molecule has 0 spiro atoms. The van der Waals surface area contributed by atoms with E-state index in [1.807, 2.05) is 0 Å². The molecule has 108 valence electrons. The van der Waals surface area contributed by atoms with Crippen molar-refractivity contribution in [2.75, 3.05) is 17.8 Å². The molecule has 0 atom stereocenters. The summed E-state index contributed by atoms with van der Waals surface area (Å²) < 4.78 is 4.66. The highest BCUT2D eigenvalue weighted by Crippen LogP contribution is 2.29. The number of anilines is 1. The van der Waals surface area contributed by atoms with Crippen molar-refractivity contribution in [1.29, 1.82) is 0 Å². The van der Waals surface area contributed by atoms with Crippen LogP contribution in [0, 0.1) is 10.1 Å². The van der Waals surface area contributed by atoms with E-state index < -0.39 is 11.0 Å². The van der Waals surface area contributed by atoms with Gasteiger partial charge in [0, 0.05) is 6.07 Å². The van der Waals surface area contributed by atoms with Gasteiger partial charge in [-0.15, -0.1) is 11.6 Å². The second-order valence-electron chi connectivity index (χ2n) is 3.54.